The fraction of sp³-hybridized carbons (Fsp3) is 0.667. The van der Waals surface area contributed by atoms with E-state index in [1.54, 1.807) is 5.48 Å². The van der Waals surface area contributed by atoms with Crippen LogP contribution in [0.3, 0.4) is 0 Å². The van der Waals surface area contributed by atoms with Crippen LogP contribution in [-0.4, -0.2) is 22.4 Å². The van der Waals surface area contributed by atoms with Crippen molar-refractivity contribution in [2.75, 3.05) is 0 Å². The molecule has 5 N–H and O–H groups in total. The molecule has 0 aromatic carbocycles. The first-order valence-corrected chi connectivity index (χ1v) is 2.04. The third-order valence-corrected chi connectivity index (χ3v) is 0.560. The highest BCUT2D eigenvalue weighted by Crippen LogP contribution is 1.79. The minimum atomic E-state index is -1.04. The molecule has 0 heterocycles. The molecule has 5 nitrogen and oxygen atoms in total. The van der Waals surface area contributed by atoms with Gasteiger partial charge in [0.25, 0.3) is 0 Å². The molecule has 0 aliphatic heterocycles. The van der Waals surface area contributed by atoms with Crippen LogP contribution in [0.25, 0.3) is 0 Å². The Morgan fingerprint density at radius 2 is 2.38 bits per heavy atom. The van der Waals surface area contributed by atoms with Gasteiger partial charge in [-0.05, 0) is 0 Å². The lowest BCUT2D eigenvalue weighted by molar-refractivity contribution is -0.138. The van der Waals surface area contributed by atoms with E-state index in [-0.39, 0.29) is 6.42 Å². The molecule has 0 amide bonds. The van der Waals surface area contributed by atoms with Crippen LogP contribution in [-0.2, 0) is 4.79 Å². The number of carbonyl (C=O) groups is 1. The van der Waals surface area contributed by atoms with E-state index in [0.29, 0.717) is 0 Å². The lowest BCUT2D eigenvalue weighted by atomic mass is 10.4. The number of aliphatic carboxylic acids is 1. The predicted octanol–water partition coefficient (Wildman–Crippen LogP) is -1.28. The van der Waals surface area contributed by atoms with Crippen molar-refractivity contribution in [1.82, 2.24) is 5.48 Å². The third-order valence-electron chi connectivity index (χ3n) is 0.560. The maximum Gasteiger partial charge on any atom is 0.306 e. The van der Waals surface area contributed by atoms with Crippen LogP contribution in [0.5, 0.6) is 0 Å². The molecule has 0 fully saturated rings. The van der Waals surface area contributed by atoms with Crippen molar-refractivity contribution in [3.63, 3.8) is 0 Å². The maximum absolute atomic E-state index is 9.74. The smallest absolute Gasteiger partial charge is 0.306 e. The van der Waals surface area contributed by atoms with Crippen molar-refractivity contribution in [2.24, 2.45) is 5.73 Å². The van der Waals surface area contributed by atoms with E-state index >= 15 is 0 Å². The van der Waals surface area contributed by atoms with Gasteiger partial charge in [0, 0.05) is 0 Å². The zero-order valence-electron chi connectivity index (χ0n) is 4.16. The summed E-state index contributed by atoms with van der Waals surface area (Å²) in [5.74, 6) is -1.04. The fourth-order valence-corrected chi connectivity index (χ4v) is 0.234. The second-order valence-electron chi connectivity index (χ2n) is 1.33. The molecule has 0 aromatic rings. The van der Waals surface area contributed by atoms with Gasteiger partial charge in [-0.25, -0.2) is 0 Å². The fourth-order valence-electron chi connectivity index (χ4n) is 0.234. The van der Waals surface area contributed by atoms with Gasteiger partial charge < -0.3 is 16.0 Å². The van der Waals surface area contributed by atoms with Gasteiger partial charge in [0.05, 0.1) is 12.6 Å². The van der Waals surface area contributed by atoms with Crippen LogP contribution >= 0.6 is 0 Å². The molecule has 5 heteroatoms. The zero-order chi connectivity index (χ0) is 6.57. The summed E-state index contributed by atoms with van der Waals surface area (Å²) in [6.45, 7) is 0. The molecular weight excluding hydrogens is 112 g/mol. The van der Waals surface area contributed by atoms with Crippen molar-refractivity contribution in [3.05, 3.63) is 0 Å². The number of nitrogens with one attached hydrogen (secondary N) is 1. The number of rotatable bonds is 3. The molecule has 0 rings (SSSR count). The monoisotopic (exact) mass is 120 g/mol. The molecule has 0 spiro atoms. The normalized spacial score (nSPS) is 13.2. The summed E-state index contributed by atoms with van der Waals surface area (Å²) >= 11 is 0. The molecule has 0 saturated carbocycles. The zero-order valence-corrected chi connectivity index (χ0v) is 4.16. The summed E-state index contributed by atoms with van der Waals surface area (Å²) in [5.41, 5.74) is 6.53. The van der Waals surface area contributed by atoms with E-state index in [1.165, 1.54) is 0 Å². The SMILES string of the molecule is N[C@H](CC(=O)O)NO. The van der Waals surface area contributed by atoms with Gasteiger partial charge in [-0.1, -0.05) is 0 Å². The van der Waals surface area contributed by atoms with Crippen molar-refractivity contribution in [1.29, 1.82) is 0 Å². The highest BCUT2D eigenvalue weighted by molar-refractivity contribution is 5.67. The number of carboxylic acids is 1. The van der Waals surface area contributed by atoms with Gasteiger partial charge in [0.1, 0.15) is 0 Å². The molecule has 8 heavy (non-hydrogen) atoms. The Bertz CT molecular complexity index is 84.6. The summed E-state index contributed by atoms with van der Waals surface area (Å²) < 4.78 is 0. The molecule has 0 aromatic heterocycles. The topological polar surface area (TPSA) is 95.6 Å². The molecule has 0 aliphatic rings. The average molecular weight is 120 g/mol. The Labute approximate surface area is 46.1 Å². The molecule has 0 bridgehead atoms. The van der Waals surface area contributed by atoms with E-state index in [9.17, 15) is 4.79 Å². The second-order valence-corrected chi connectivity index (χ2v) is 1.33. The van der Waals surface area contributed by atoms with E-state index in [2.05, 4.69) is 0 Å². The van der Waals surface area contributed by atoms with Crippen molar-refractivity contribution < 1.29 is 15.1 Å². The van der Waals surface area contributed by atoms with Crippen LogP contribution in [0.4, 0.5) is 0 Å². The number of nitrogens with two attached hydrogens (primary N) is 1. The lowest BCUT2D eigenvalue weighted by Crippen LogP contribution is -2.36. The molecular formula is C3H8N2O3. The third kappa shape index (κ3) is 3.54. The molecule has 0 saturated heterocycles. The van der Waals surface area contributed by atoms with Crippen LogP contribution in [0.2, 0.25) is 0 Å². The summed E-state index contributed by atoms with van der Waals surface area (Å²) in [6, 6.07) is 0. The molecule has 0 aliphatic carbocycles. The highest BCUT2D eigenvalue weighted by Gasteiger charge is 2.03. The van der Waals surface area contributed by atoms with Gasteiger partial charge in [0.15, 0.2) is 0 Å². The average Bonchev–Trinajstić information content (AvgIpc) is 1.65. The number of carboxylic acid groups (broad SMARTS) is 1. The summed E-state index contributed by atoms with van der Waals surface area (Å²) in [6.07, 6.45) is -1.15. The van der Waals surface area contributed by atoms with Gasteiger partial charge in [-0.2, -0.15) is 5.48 Å². The predicted molar refractivity (Wildman–Crippen MR) is 25.2 cm³/mol. The van der Waals surface area contributed by atoms with Gasteiger partial charge >= 0.3 is 5.97 Å². The summed E-state index contributed by atoms with van der Waals surface area (Å²) in [7, 11) is 0. The van der Waals surface area contributed by atoms with Gasteiger partial charge in [0.2, 0.25) is 0 Å². The van der Waals surface area contributed by atoms with E-state index in [1.807, 2.05) is 0 Å². The van der Waals surface area contributed by atoms with Gasteiger partial charge in [-0.3, -0.25) is 4.79 Å². The van der Waals surface area contributed by atoms with E-state index in [4.69, 9.17) is 16.0 Å². The Kier molecular flexibility index (Phi) is 3.09. The minimum absolute atomic E-state index is 0.281. The Balaban J connectivity index is 3.24. The van der Waals surface area contributed by atoms with Crippen molar-refractivity contribution in [2.45, 2.75) is 12.6 Å². The van der Waals surface area contributed by atoms with Crippen LogP contribution in [0.1, 0.15) is 6.42 Å². The first-order valence-electron chi connectivity index (χ1n) is 2.04. The lowest BCUT2D eigenvalue weighted by Gasteiger charge is -2.02. The second kappa shape index (κ2) is 3.36. The highest BCUT2D eigenvalue weighted by atomic mass is 16.5. The molecule has 1 atom stereocenters. The van der Waals surface area contributed by atoms with Crippen LogP contribution < -0.4 is 11.2 Å². The number of hydrogen-bond acceptors (Lipinski definition) is 4. The van der Waals surface area contributed by atoms with Crippen molar-refractivity contribution in [3.8, 4) is 0 Å². The number of hydroxylamine groups is 1. The first kappa shape index (κ1) is 7.35. The van der Waals surface area contributed by atoms with Crippen LogP contribution in [0, 0.1) is 0 Å². The number of hydrogen-bond donors (Lipinski definition) is 4. The van der Waals surface area contributed by atoms with Crippen LogP contribution in [0.15, 0.2) is 0 Å². The van der Waals surface area contributed by atoms with E-state index in [0.717, 1.165) is 0 Å². The largest absolute Gasteiger partial charge is 0.481 e. The van der Waals surface area contributed by atoms with Gasteiger partial charge in [-0.15, -0.1) is 0 Å². The maximum atomic E-state index is 9.74. The molecule has 0 unspecified atom stereocenters. The minimum Gasteiger partial charge on any atom is -0.481 e. The Hall–Kier alpha value is -0.650. The standard InChI is InChI=1S/C3H8N2O3/c4-2(5-8)1-3(6)7/h2,5,8H,1,4H2,(H,6,7)/t2-/m0/s1. The Morgan fingerprint density at radius 1 is 1.88 bits per heavy atom. The van der Waals surface area contributed by atoms with Crippen molar-refractivity contribution >= 4 is 5.97 Å². The Morgan fingerprint density at radius 3 is 2.50 bits per heavy atom. The summed E-state index contributed by atoms with van der Waals surface area (Å²) in [5, 5.41) is 15.9. The molecule has 0 radical (unpaired) electrons. The first-order chi connectivity index (χ1) is 3.66. The summed E-state index contributed by atoms with van der Waals surface area (Å²) in [4.78, 5) is 9.74. The van der Waals surface area contributed by atoms with E-state index < -0.39 is 12.1 Å². The quantitative estimate of drug-likeness (QED) is 0.275. The molecule has 48 valence electrons.